The molecule has 0 aromatic heterocycles. The fourth-order valence-corrected chi connectivity index (χ4v) is 7.26. The van der Waals surface area contributed by atoms with E-state index in [2.05, 4.69) is 12.2 Å². The fraction of sp³-hybridized carbons (Fsp3) is 0.686. The van der Waals surface area contributed by atoms with Gasteiger partial charge in [0.05, 0.1) is 30.1 Å². The molecule has 5 unspecified atom stereocenters. The molecule has 2 fully saturated rings. The lowest BCUT2D eigenvalue weighted by atomic mass is 9.60. The van der Waals surface area contributed by atoms with Crippen LogP contribution in [0.1, 0.15) is 139 Å². The Balaban J connectivity index is 1.20. The number of hydrogen-bond donors (Lipinski definition) is 1. The van der Waals surface area contributed by atoms with Crippen LogP contribution in [0.4, 0.5) is 0 Å². The molecule has 0 spiro atoms. The van der Waals surface area contributed by atoms with Gasteiger partial charge >= 0.3 is 23.9 Å². The third-order valence-corrected chi connectivity index (χ3v) is 9.52. The maximum atomic E-state index is 13.7. The highest BCUT2D eigenvalue weighted by atomic mass is 16.6. The molecular formula is C35H49NO7. The van der Waals surface area contributed by atoms with E-state index in [0.717, 1.165) is 19.3 Å². The van der Waals surface area contributed by atoms with Crippen LogP contribution in [0.3, 0.4) is 0 Å². The van der Waals surface area contributed by atoms with Crippen LogP contribution >= 0.6 is 0 Å². The number of carbonyl (C=O) groups excluding carboxylic acids is 5. The Bertz CT molecular complexity index is 1130. The Morgan fingerprint density at radius 1 is 0.674 bits per heavy atom. The average Bonchev–Trinajstić information content (AvgIpc) is 3.49. The van der Waals surface area contributed by atoms with Gasteiger partial charge in [-0.3, -0.25) is 24.0 Å². The van der Waals surface area contributed by atoms with Gasteiger partial charge in [0.2, 0.25) is 5.91 Å². The first-order chi connectivity index (χ1) is 20.9. The van der Waals surface area contributed by atoms with Crippen molar-refractivity contribution >= 4 is 29.8 Å². The Morgan fingerprint density at radius 2 is 1.21 bits per heavy atom. The minimum absolute atomic E-state index is 0.166. The maximum absolute atomic E-state index is 13.7. The first-order valence-electron chi connectivity index (χ1n) is 16.8. The first-order valence-corrected chi connectivity index (χ1v) is 16.8. The smallest absolute Gasteiger partial charge is 0.321 e. The quantitative estimate of drug-likeness (QED) is 0.108. The highest BCUT2D eigenvalue weighted by molar-refractivity contribution is 6.04. The summed E-state index contributed by atoms with van der Waals surface area (Å²) in [5.74, 6) is -7.79. The summed E-state index contributed by atoms with van der Waals surface area (Å²) in [6.45, 7) is 2.70. The Labute approximate surface area is 256 Å². The van der Waals surface area contributed by atoms with Crippen molar-refractivity contribution < 1.29 is 33.4 Å². The summed E-state index contributed by atoms with van der Waals surface area (Å²) in [7, 11) is 0. The summed E-state index contributed by atoms with van der Waals surface area (Å²) < 4.78 is 9.84. The molecule has 8 heteroatoms. The monoisotopic (exact) mass is 595 g/mol. The van der Waals surface area contributed by atoms with Crippen molar-refractivity contribution in [2.45, 2.75) is 128 Å². The molecule has 8 nitrogen and oxygen atoms in total. The number of carbonyl (C=O) groups is 5. The zero-order valence-electron chi connectivity index (χ0n) is 25.8. The SMILES string of the molecule is CCCCCCCCCCCCCCCCCCNC(=O)C1C2C(=O)OC(=O)C2c2ccccc2C1C1CC(=O)OC1=O. The largest absolute Gasteiger partial charge is 0.393 e. The summed E-state index contributed by atoms with van der Waals surface area (Å²) in [6.07, 6.45) is 20.0. The van der Waals surface area contributed by atoms with Gasteiger partial charge in [-0.05, 0) is 17.5 Å². The minimum Gasteiger partial charge on any atom is -0.393 e. The second-order valence-corrected chi connectivity index (χ2v) is 12.6. The van der Waals surface area contributed by atoms with E-state index in [1.54, 1.807) is 24.3 Å². The van der Waals surface area contributed by atoms with E-state index in [1.165, 1.54) is 83.5 Å². The summed E-state index contributed by atoms with van der Waals surface area (Å²) in [6, 6.07) is 7.01. The molecule has 3 aliphatic rings. The van der Waals surface area contributed by atoms with Crippen molar-refractivity contribution in [1.82, 2.24) is 5.32 Å². The van der Waals surface area contributed by atoms with Crippen molar-refractivity contribution in [1.29, 1.82) is 0 Å². The average molecular weight is 596 g/mol. The van der Waals surface area contributed by atoms with Crippen LogP contribution < -0.4 is 5.32 Å². The number of benzene rings is 1. The van der Waals surface area contributed by atoms with Gasteiger partial charge in [-0.2, -0.15) is 0 Å². The number of hydrogen-bond acceptors (Lipinski definition) is 7. The highest BCUT2D eigenvalue weighted by Gasteiger charge is 2.60. The standard InChI is InChI=1S/C35H49NO7/c1-2-3-4-5-6-7-8-9-10-11-12-13-14-15-16-19-22-36-32(38)30-28(26-23-27(37)42-33(26)39)24-20-17-18-21-25(24)29-31(30)35(41)43-34(29)40/h17-18,20-21,26,28-31H,2-16,19,22-23H2,1H3,(H,36,38). The molecule has 2 heterocycles. The lowest BCUT2D eigenvalue weighted by Gasteiger charge is -2.39. The van der Waals surface area contributed by atoms with Crippen molar-refractivity contribution in [2.24, 2.45) is 17.8 Å². The Hall–Kier alpha value is -3.03. The molecule has 4 rings (SSSR count). The number of unbranched alkanes of at least 4 members (excludes halogenated alkanes) is 15. The van der Waals surface area contributed by atoms with E-state index >= 15 is 0 Å². The van der Waals surface area contributed by atoms with E-state index in [1.807, 2.05) is 0 Å². The number of fused-ring (bicyclic) bond motifs is 3. The molecule has 1 amide bonds. The summed E-state index contributed by atoms with van der Waals surface area (Å²) in [5, 5.41) is 2.97. The lowest BCUT2D eigenvalue weighted by molar-refractivity contribution is -0.157. The van der Waals surface area contributed by atoms with E-state index in [0.29, 0.717) is 17.7 Å². The van der Waals surface area contributed by atoms with Gasteiger partial charge in [0.15, 0.2) is 0 Å². The number of rotatable bonds is 19. The van der Waals surface area contributed by atoms with E-state index < -0.39 is 59.4 Å². The molecule has 5 atom stereocenters. The second kappa shape index (κ2) is 16.7. The van der Waals surface area contributed by atoms with Gasteiger partial charge in [-0.15, -0.1) is 0 Å². The number of esters is 4. The predicted molar refractivity (Wildman–Crippen MR) is 162 cm³/mol. The van der Waals surface area contributed by atoms with Gasteiger partial charge < -0.3 is 14.8 Å². The summed E-state index contributed by atoms with van der Waals surface area (Å²) in [4.78, 5) is 63.9. The number of amides is 1. The molecule has 0 bridgehead atoms. The molecule has 2 saturated heterocycles. The van der Waals surface area contributed by atoms with Crippen LogP contribution in [-0.2, 0) is 33.4 Å². The first kappa shape index (κ1) is 32.9. The molecule has 236 valence electrons. The van der Waals surface area contributed by atoms with Crippen molar-refractivity contribution in [3.63, 3.8) is 0 Å². The fourth-order valence-electron chi connectivity index (χ4n) is 7.26. The molecule has 0 saturated carbocycles. The molecule has 0 radical (unpaired) electrons. The maximum Gasteiger partial charge on any atom is 0.321 e. The van der Waals surface area contributed by atoms with E-state index in [9.17, 15) is 24.0 Å². The van der Waals surface area contributed by atoms with E-state index in [-0.39, 0.29) is 6.42 Å². The molecule has 43 heavy (non-hydrogen) atoms. The normalized spacial score (nSPS) is 24.4. The molecule has 1 aromatic carbocycles. The van der Waals surface area contributed by atoms with Crippen LogP contribution in [-0.4, -0.2) is 36.3 Å². The summed E-state index contributed by atoms with van der Waals surface area (Å²) in [5.41, 5.74) is 1.19. The van der Waals surface area contributed by atoms with Crippen LogP contribution in [0, 0.1) is 17.8 Å². The topological polar surface area (TPSA) is 116 Å². The molecule has 1 aliphatic carbocycles. The third-order valence-electron chi connectivity index (χ3n) is 9.52. The van der Waals surface area contributed by atoms with Crippen LogP contribution in [0.2, 0.25) is 0 Å². The molecular weight excluding hydrogens is 546 g/mol. The van der Waals surface area contributed by atoms with Crippen LogP contribution in [0.25, 0.3) is 0 Å². The third kappa shape index (κ3) is 8.54. The van der Waals surface area contributed by atoms with Gasteiger partial charge in [0.25, 0.3) is 0 Å². The van der Waals surface area contributed by atoms with Gasteiger partial charge in [0, 0.05) is 12.5 Å². The Morgan fingerprint density at radius 3 is 1.74 bits per heavy atom. The van der Waals surface area contributed by atoms with Crippen LogP contribution in [0.15, 0.2) is 24.3 Å². The van der Waals surface area contributed by atoms with E-state index in [4.69, 9.17) is 9.47 Å². The second-order valence-electron chi connectivity index (χ2n) is 12.6. The number of cyclic esters (lactones) is 4. The zero-order valence-corrected chi connectivity index (χ0v) is 25.8. The minimum atomic E-state index is -1.04. The molecule has 1 aromatic rings. The number of nitrogens with one attached hydrogen (secondary N) is 1. The lowest BCUT2D eigenvalue weighted by Crippen LogP contribution is -2.47. The van der Waals surface area contributed by atoms with Crippen molar-refractivity contribution in [3.8, 4) is 0 Å². The van der Waals surface area contributed by atoms with Crippen molar-refractivity contribution in [2.75, 3.05) is 6.54 Å². The van der Waals surface area contributed by atoms with Gasteiger partial charge in [-0.25, -0.2) is 0 Å². The van der Waals surface area contributed by atoms with Crippen molar-refractivity contribution in [3.05, 3.63) is 35.4 Å². The highest BCUT2D eigenvalue weighted by Crippen LogP contribution is 2.54. The molecule has 2 aliphatic heterocycles. The van der Waals surface area contributed by atoms with Crippen LogP contribution in [0.5, 0.6) is 0 Å². The molecule has 1 N–H and O–H groups in total. The Kier molecular flexibility index (Phi) is 12.8. The van der Waals surface area contributed by atoms with Gasteiger partial charge in [-0.1, -0.05) is 128 Å². The zero-order chi connectivity index (χ0) is 30.6. The summed E-state index contributed by atoms with van der Waals surface area (Å²) >= 11 is 0. The predicted octanol–water partition coefficient (Wildman–Crippen LogP) is 6.65. The van der Waals surface area contributed by atoms with Gasteiger partial charge in [0.1, 0.15) is 0 Å². The number of ether oxygens (including phenoxy) is 2.